The van der Waals surface area contributed by atoms with Gasteiger partial charge in [0.2, 0.25) is 0 Å². The van der Waals surface area contributed by atoms with Crippen LogP contribution in [0.2, 0.25) is 0 Å². The molecule has 0 aromatic heterocycles. The van der Waals surface area contributed by atoms with Crippen molar-refractivity contribution in [2.24, 2.45) is 5.41 Å². The number of thioether (sulfide) groups is 1. The molecular formula is C17H25NO2S. The molecule has 2 rings (SSSR count). The fraction of sp³-hybridized carbons (Fsp3) is 0.588. The van der Waals surface area contributed by atoms with Crippen molar-refractivity contribution in [1.29, 1.82) is 0 Å². The zero-order chi connectivity index (χ0) is 15.3. The molecule has 1 saturated carbocycles. The molecule has 1 fully saturated rings. The first kappa shape index (κ1) is 16.4. The van der Waals surface area contributed by atoms with E-state index in [0.29, 0.717) is 12.5 Å². The zero-order valence-corrected chi connectivity index (χ0v) is 14.0. The minimum atomic E-state index is -0.0805. The van der Waals surface area contributed by atoms with Gasteiger partial charge in [-0.05, 0) is 43.4 Å². The molecule has 3 nitrogen and oxygen atoms in total. The van der Waals surface area contributed by atoms with E-state index in [1.807, 2.05) is 18.8 Å². The zero-order valence-electron chi connectivity index (χ0n) is 13.1. The van der Waals surface area contributed by atoms with Crippen LogP contribution < -0.4 is 5.32 Å². The summed E-state index contributed by atoms with van der Waals surface area (Å²) in [5.41, 5.74) is 1.54. The molecule has 21 heavy (non-hydrogen) atoms. The first-order valence-electron chi connectivity index (χ1n) is 7.60. The Kier molecular flexibility index (Phi) is 5.71. The Bertz CT molecular complexity index is 481. The van der Waals surface area contributed by atoms with E-state index in [1.165, 1.54) is 17.6 Å². The molecule has 1 aromatic carbocycles. The average molecular weight is 307 g/mol. The molecule has 0 saturated heterocycles. The van der Waals surface area contributed by atoms with Crippen LogP contribution >= 0.6 is 11.8 Å². The highest BCUT2D eigenvalue weighted by Crippen LogP contribution is 2.52. The lowest BCUT2D eigenvalue weighted by Crippen LogP contribution is -2.16. The van der Waals surface area contributed by atoms with Gasteiger partial charge in [0.15, 0.2) is 0 Å². The van der Waals surface area contributed by atoms with E-state index >= 15 is 0 Å². The highest BCUT2D eigenvalue weighted by Gasteiger charge is 2.44. The number of hydrogen-bond donors (Lipinski definition) is 1. The van der Waals surface area contributed by atoms with Gasteiger partial charge in [-0.1, -0.05) is 25.1 Å². The maximum Gasteiger partial charge on any atom is 0.306 e. The first-order chi connectivity index (χ1) is 10.1. The largest absolute Gasteiger partial charge is 0.469 e. The molecule has 1 N–H and O–H groups in total. The molecule has 0 radical (unpaired) electrons. The van der Waals surface area contributed by atoms with Gasteiger partial charge in [0.05, 0.1) is 13.5 Å². The molecule has 116 valence electrons. The summed E-state index contributed by atoms with van der Waals surface area (Å²) in [5.74, 6) is 0.919. The van der Waals surface area contributed by atoms with Crippen LogP contribution in [-0.4, -0.2) is 25.9 Å². The van der Waals surface area contributed by atoms with Gasteiger partial charge in [-0.15, -0.1) is 11.8 Å². The quantitative estimate of drug-likeness (QED) is 0.586. The smallest absolute Gasteiger partial charge is 0.306 e. The molecule has 1 unspecified atom stereocenters. The average Bonchev–Trinajstić information content (AvgIpc) is 3.27. The number of carbonyl (C=O) groups is 1. The maximum atomic E-state index is 11.5. The number of rotatable bonds is 8. The number of ether oxygens (including phenoxy) is 1. The van der Waals surface area contributed by atoms with E-state index in [9.17, 15) is 4.79 Å². The standard InChI is InChI=1S/C17H25NO2S/c1-4-14(18-2)13-7-5-6-8-15(13)21-12-17(9-10-17)11-16(19)20-3/h5-8,14,18H,4,9-12H2,1-3H3. The van der Waals surface area contributed by atoms with E-state index < -0.39 is 0 Å². The van der Waals surface area contributed by atoms with Crippen LogP contribution in [-0.2, 0) is 9.53 Å². The molecule has 1 aliphatic rings. The van der Waals surface area contributed by atoms with Gasteiger partial charge < -0.3 is 10.1 Å². The monoisotopic (exact) mass is 307 g/mol. The highest BCUT2D eigenvalue weighted by atomic mass is 32.2. The molecule has 0 bridgehead atoms. The second-order valence-electron chi connectivity index (χ2n) is 5.83. The van der Waals surface area contributed by atoms with Crippen molar-refractivity contribution in [2.45, 2.75) is 43.5 Å². The molecule has 1 atom stereocenters. The first-order valence-corrected chi connectivity index (χ1v) is 8.58. The fourth-order valence-electron chi connectivity index (χ4n) is 2.64. The summed E-state index contributed by atoms with van der Waals surface area (Å²) in [7, 11) is 3.48. The van der Waals surface area contributed by atoms with Crippen LogP contribution in [0.25, 0.3) is 0 Å². The molecule has 0 spiro atoms. The Morgan fingerprint density at radius 3 is 2.71 bits per heavy atom. The maximum absolute atomic E-state index is 11.5. The summed E-state index contributed by atoms with van der Waals surface area (Å²) in [5, 5.41) is 3.38. The summed E-state index contributed by atoms with van der Waals surface area (Å²) in [6, 6.07) is 8.97. The fourth-order valence-corrected chi connectivity index (χ4v) is 4.04. The summed E-state index contributed by atoms with van der Waals surface area (Å²) < 4.78 is 4.82. The number of methoxy groups -OCH3 is 1. The lowest BCUT2D eigenvalue weighted by molar-refractivity contribution is -0.141. The summed E-state index contributed by atoms with van der Waals surface area (Å²) >= 11 is 1.88. The minimum Gasteiger partial charge on any atom is -0.469 e. The minimum absolute atomic E-state index is 0.0805. The Morgan fingerprint density at radius 2 is 2.14 bits per heavy atom. The molecule has 4 heteroatoms. The highest BCUT2D eigenvalue weighted by molar-refractivity contribution is 7.99. The van der Waals surface area contributed by atoms with E-state index in [2.05, 4.69) is 36.5 Å². The van der Waals surface area contributed by atoms with E-state index in [0.717, 1.165) is 25.0 Å². The molecule has 0 heterocycles. The Balaban J connectivity index is 2.02. The second-order valence-corrected chi connectivity index (χ2v) is 6.85. The third-order valence-electron chi connectivity index (χ3n) is 4.29. The van der Waals surface area contributed by atoms with Crippen LogP contribution in [0.15, 0.2) is 29.2 Å². The number of nitrogens with one attached hydrogen (secondary N) is 1. The lowest BCUT2D eigenvalue weighted by Gasteiger charge is -2.20. The number of hydrogen-bond acceptors (Lipinski definition) is 4. The third kappa shape index (κ3) is 4.24. The van der Waals surface area contributed by atoms with Crippen LogP contribution in [0, 0.1) is 5.41 Å². The van der Waals surface area contributed by atoms with E-state index in [4.69, 9.17) is 4.74 Å². The van der Waals surface area contributed by atoms with Gasteiger partial charge in [-0.2, -0.15) is 0 Å². The van der Waals surface area contributed by atoms with Crippen molar-refractivity contribution in [1.82, 2.24) is 5.32 Å². The van der Waals surface area contributed by atoms with Crippen LogP contribution in [0.1, 0.15) is 44.2 Å². The molecule has 1 aromatic rings. The van der Waals surface area contributed by atoms with Crippen molar-refractivity contribution in [3.63, 3.8) is 0 Å². The topological polar surface area (TPSA) is 38.3 Å². The second kappa shape index (κ2) is 7.32. The third-order valence-corrected chi connectivity index (χ3v) is 5.73. The van der Waals surface area contributed by atoms with Gasteiger partial charge in [0.1, 0.15) is 0 Å². The Morgan fingerprint density at radius 1 is 1.43 bits per heavy atom. The van der Waals surface area contributed by atoms with Crippen molar-refractivity contribution < 1.29 is 9.53 Å². The molecule has 0 aliphatic heterocycles. The van der Waals surface area contributed by atoms with Crippen molar-refractivity contribution >= 4 is 17.7 Å². The van der Waals surface area contributed by atoms with Gasteiger partial charge in [0.25, 0.3) is 0 Å². The normalized spacial score (nSPS) is 17.3. The lowest BCUT2D eigenvalue weighted by atomic mass is 10.1. The number of carbonyl (C=O) groups excluding carboxylic acids is 1. The van der Waals surface area contributed by atoms with Gasteiger partial charge in [0, 0.05) is 16.7 Å². The molecular weight excluding hydrogens is 282 g/mol. The van der Waals surface area contributed by atoms with Crippen molar-refractivity contribution in [3.8, 4) is 0 Å². The van der Waals surface area contributed by atoms with Crippen molar-refractivity contribution in [2.75, 3.05) is 19.9 Å². The molecule has 0 amide bonds. The Labute approximate surface area is 131 Å². The summed E-state index contributed by atoms with van der Waals surface area (Å²) in [4.78, 5) is 12.8. The summed E-state index contributed by atoms with van der Waals surface area (Å²) in [6.07, 6.45) is 3.91. The van der Waals surface area contributed by atoms with Gasteiger partial charge in [-0.25, -0.2) is 0 Å². The van der Waals surface area contributed by atoms with Gasteiger partial charge in [-0.3, -0.25) is 4.79 Å². The molecule has 1 aliphatic carbocycles. The van der Waals surface area contributed by atoms with E-state index in [-0.39, 0.29) is 11.4 Å². The Hall–Kier alpha value is -1.00. The predicted octanol–water partition coefficient (Wildman–Crippen LogP) is 3.79. The van der Waals surface area contributed by atoms with E-state index in [1.54, 1.807) is 0 Å². The van der Waals surface area contributed by atoms with Gasteiger partial charge >= 0.3 is 5.97 Å². The predicted molar refractivity (Wildman–Crippen MR) is 87.6 cm³/mol. The van der Waals surface area contributed by atoms with Crippen molar-refractivity contribution in [3.05, 3.63) is 29.8 Å². The number of esters is 1. The van der Waals surface area contributed by atoms with Crippen LogP contribution in [0.5, 0.6) is 0 Å². The van der Waals surface area contributed by atoms with Crippen LogP contribution in [0.4, 0.5) is 0 Å². The number of benzene rings is 1. The van der Waals surface area contributed by atoms with Crippen LogP contribution in [0.3, 0.4) is 0 Å². The summed E-state index contributed by atoms with van der Waals surface area (Å²) in [6.45, 7) is 2.20. The SMILES string of the molecule is CCC(NC)c1ccccc1SCC1(CC(=O)OC)CC1.